The summed E-state index contributed by atoms with van der Waals surface area (Å²) in [5.74, 6) is 1.89. The molecule has 1 aliphatic heterocycles. The van der Waals surface area contributed by atoms with Crippen LogP contribution in [0.2, 0.25) is 0 Å². The van der Waals surface area contributed by atoms with Crippen molar-refractivity contribution < 1.29 is 0 Å². The molecule has 0 spiro atoms. The van der Waals surface area contributed by atoms with Crippen molar-refractivity contribution in [3.8, 4) is 0 Å². The van der Waals surface area contributed by atoms with E-state index in [1.165, 1.54) is 38.8 Å². The molecule has 0 bridgehead atoms. The maximum atomic E-state index is 4.19. The van der Waals surface area contributed by atoms with Crippen LogP contribution in [0.25, 0.3) is 0 Å². The molecule has 0 unspecified atom stereocenters. The third-order valence-electron chi connectivity index (χ3n) is 3.77. The number of nitrogens with zero attached hydrogens (tertiary/aromatic N) is 1. The van der Waals surface area contributed by atoms with Crippen LogP contribution in [0.5, 0.6) is 0 Å². The van der Waals surface area contributed by atoms with Crippen LogP contribution in [0.1, 0.15) is 39.5 Å². The lowest BCUT2D eigenvalue weighted by Gasteiger charge is -2.37. The van der Waals surface area contributed by atoms with E-state index < -0.39 is 0 Å². The lowest BCUT2D eigenvalue weighted by molar-refractivity contribution is 0.114. The molecule has 0 aromatic rings. The molecule has 1 rings (SSSR count). The number of nitrogens with one attached hydrogen (secondary N) is 1. The molecule has 1 fully saturated rings. The number of hydrogen-bond acceptors (Lipinski definition) is 3. The zero-order chi connectivity index (χ0) is 11.8. The van der Waals surface area contributed by atoms with E-state index in [0.29, 0.717) is 0 Å². The molecule has 0 aromatic carbocycles. The molecule has 1 aliphatic rings. The van der Waals surface area contributed by atoms with Crippen LogP contribution in [-0.2, 0) is 0 Å². The van der Waals surface area contributed by atoms with E-state index >= 15 is 0 Å². The predicted octanol–water partition coefficient (Wildman–Crippen LogP) is 2.41. The number of piperidine rings is 1. The summed E-state index contributed by atoms with van der Waals surface area (Å²) in [6, 6.07) is 0.799. The highest BCUT2D eigenvalue weighted by Gasteiger charge is 2.23. The summed E-state index contributed by atoms with van der Waals surface area (Å²) in [7, 11) is 0. The van der Waals surface area contributed by atoms with Crippen LogP contribution in [0.15, 0.2) is 0 Å². The largest absolute Gasteiger partial charge is 0.316 e. The van der Waals surface area contributed by atoms with Crippen LogP contribution in [0.4, 0.5) is 0 Å². The summed E-state index contributed by atoms with van der Waals surface area (Å²) in [4.78, 5) is 2.68. The highest BCUT2D eigenvalue weighted by atomic mass is 32.1. The molecule has 2 atom stereocenters. The third kappa shape index (κ3) is 5.07. The Labute approximate surface area is 107 Å². The van der Waals surface area contributed by atoms with Gasteiger partial charge in [0, 0.05) is 24.9 Å². The fraction of sp³-hybridized carbons (Fsp3) is 1.00. The number of likely N-dealkylation sites (tertiary alicyclic amines) is 1. The van der Waals surface area contributed by atoms with E-state index in [2.05, 4.69) is 36.7 Å². The Balaban J connectivity index is 2.13. The quantitative estimate of drug-likeness (QED) is 0.528. The predicted molar refractivity (Wildman–Crippen MR) is 75.4 cm³/mol. The first-order valence-corrected chi connectivity index (χ1v) is 7.46. The van der Waals surface area contributed by atoms with E-state index in [1.54, 1.807) is 0 Å². The molecule has 0 radical (unpaired) electrons. The standard InChI is InChI=1S/C13H28N2S/c1-3-13-6-5-12(2)15(11-13)9-4-7-14-8-10-16/h12-14,16H,3-11H2,1-2H3/t12-,13+/m0/s1. The second-order valence-corrected chi connectivity index (χ2v) is 5.47. The van der Waals surface area contributed by atoms with E-state index in [0.717, 1.165) is 30.8 Å². The average Bonchev–Trinajstić information content (AvgIpc) is 2.31. The highest BCUT2D eigenvalue weighted by Crippen LogP contribution is 2.23. The van der Waals surface area contributed by atoms with Gasteiger partial charge in [-0.3, -0.25) is 0 Å². The molecule has 0 aliphatic carbocycles. The van der Waals surface area contributed by atoms with E-state index in [1.807, 2.05) is 0 Å². The molecule has 2 nitrogen and oxygen atoms in total. The van der Waals surface area contributed by atoms with Crippen molar-refractivity contribution in [1.29, 1.82) is 0 Å². The smallest absolute Gasteiger partial charge is 0.00671 e. The highest BCUT2D eigenvalue weighted by molar-refractivity contribution is 7.80. The van der Waals surface area contributed by atoms with Gasteiger partial charge in [-0.15, -0.1) is 0 Å². The number of thiol groups is 1. The van der Waals surface area contributed by atoms with Gasteiger partial charge in [0.15, 0.2) is 0 Å². The van der Waals surface area contributed by atoms with Gasteiger partial charge in [0.1, 0.15) is 0 Å². The zero-order valence-corrected chi connectivity index (χ0v) is 11.8. The van der Waals surface area contributed by atoms with E-state index in [4.69, 9.17) is 0 Å². The molecule has 16 heavy (non-hydrogen) atoms. The molecule has 1 saturated heterocycles. The molecular formula is C13H28N2S. The average molecular weight is 244 g/mol. The summed E-state index contributed by atoms with van der Waals surface area (Å²) in [6.07, 6.45) is 5.45. The zero-order valence-electron chi connectivity index (χ0n) is 10.9. The molecule has 96 valence electrons. The maximum absolute atomic E-state index is 4.19. The first-order valence-electron chi connectivity index (χ1n) is 6.83. The maximum Gasteiger partial charge on any atom is 0.00671 e. The second-order valence-electron chi connectivity index (χ2n) is 5.02. The van der Waals surface area contributed by atoms with Gasteiger partial charge in [-0.1, -0.05) is 13.3 Å². The van der Waals surface area contributed by atoms with Gasteiger partial charge in [0.25, 0.3) is 0 Å². The number of hydrogen-bond donors (Lipinski definition) is 2. The molecule has 0 amide bonds. The van der Waals surface area contributed by atoms with Crippen LogP contribution in [0, 0.1) is 5.92 Å². The fourth-order valence-corrected chi connectivity index (χ4v) is 2.68. The molecule has 1 N–H and O–H groups in total. The topological polar surface area (TPSA) is 15.3 Å². The van der Waals surface area contributed by atoms with Crippen LogP contribution >= 0.6 is 12.6 Å². The van der Waals surface area contributed by atoms with Gasteiger partial charge in [0.05, 0.1) is 0 Å². The Morgan fingerprint density at radius 3 is 2.81 bits per heavy atom. The first-order chi connectivity index (χ1) is 7.77. The molecule has 3 heteroatoms. The Morgan fingerprint density at radius 2 is 2.12 bits per heavy atom. The molecule has 0 aromatic heterocycles. The van der Waals surface area contributed by atoms with Gasteiger partial charge < -0.3 is 10.2 Å². The van der Waals surface area contributed by atoms with Crippen LogP contribution in [0.3, 0.4) is 0 Å². The van der Waals surface area contributed by atoms with Crippen molar-refractivity contribution in [1.82, 2.24) is 10.2 Å². The van der Waals surface area contributed by atoms with Gasteiger partial charge in [-0.2, -0.15) is 12.6 Å². The number of rotatable bonds is 7. The lowest BCUT2D eigenvalue weighted by atomic mass is 9.91. The Morgan fingerprint density at radius 1 is 1.31 bits per heavy atom. The third-order valence-corrected chi connectivity index (χ3v) is 4.00. The van der Waals surface area contributed by atoms with Crippen molar-refractivity contribution in [3.05, 3.63) is 0 Å². The summed E-state index contributed by atoms with van der Waals surface area (Å²) in [5, 5.41) is 3.41. The summed E-state index contributed by atoms with van der Waals surface area (Å²) < 4.78 is 0. The fourth-order valence-electron chi connectivity index (χ4n) is 2.52. The molecular weight excluding hydrogens is 216 g/mol. The van der Waals surface area contributed by atoms with Crippen LogP contribution < -0.4 is 5.32 Å². The van der Waals surface area contributed by atoms with Crippen molar-refractivity contribution in [3.63, 3.8) is 0 Å². The van der Waals surface area contributed by atoms with E-state index in [-0.39, 0.29) is 0 Å². The minimum Gasteiger partial charge on any atom is -0.316 e. The Hall–Kier alpha value is 0.270. The minimum atomic E-state index is 0.799. The summed E-state index contributed by atoms with van der Waals surface area (Å²) in [5.41, 5.74) is 0. The van der Waals surface area contributed by atoms with Gasteiger partial charge >= 0.3 is 0 Å². The molecule has 1 heterocycles. The summed E-state index contributed by atoms with van der Waals surface area (Å²) >= 11 is 4.19. The van der Waals surface area contributed by atoms with Crippen molar-refractivity contribution >= 4 is 12.6 Å². The van der Waals surface area contributed by atoms with Gasteiger partial charge in [-0.05, 0) is 45.2 Å². The van der Waals surface area contributed by atoms with Gasteiger partial charge in [0.2, 0.25) is 0 Å². The monoisotopic (exact) mass is 244 g/mol. The minimum absolute atomic E-state index is 0.799. The lowest BCUT2D eigenvalue weighted by Crippen LogP contribution is -2.42. The first kappa shape index (κ1) is 14.3. The van der Waals surface area contributed by atoms with Crippen molar-refractivity contribution in [2.45, 2.75) is 45.6 Å². The Kier molecular flexibility index (Phi) is 7.50. The normalized spacial score (nSPS) is 27.2. The molecule has 0 saturated carbocycles. The van der Waals surface area contributed by atoms with E-state index in [9.17, 15) is 0 Å². The summed E-state index contributed by atoms with van der Waals surface area (Å²) in [6.45, 7) is 9.47. The van der Waals surface area contributed by atoms with Crippen molar-refractivity contribution in [2.75, 3.05) is 31.9 Å². The van der Waals surface area contributed by atoms with Crippen molar-refractivity contribution in [2.24, 2.45) is 5.92 Å². The SMILES string of the molecule is CC[C@@H]1CC[C@H](C)N(CCCNCCS)C1. The Bertz CT molecular complexity index is 175. The van der Waals surface area contributed by atoms with Crippen LogP contribution in [-0.4, -0.2) is 42.9 Å². The second kappa shape index (κ2) is 8.37. The van der Waals surface area contributed by atoms with Gasteiger partial charge in [-0.25, -0.2) is 0 Å².